The summed E-state index contributed by atoms with van der Waals surface area (Å²) in [6.45, 7) is 7.65. The first kappa shape index (κ1) is 20.3. The second-order valence-electron chi connectivity index (χ2n) is 6.45. The minimum atomic E-state index is -4.34. The average Bonchev–Trinajstić information content (AvgIpc) is 2.49. The molecule has 1 aromatic rings. The zero-order valence-corrected chi connectivity index (χ0v) is 15.0. The molecule has 0 amide bonds. The molecule has 0 aliphatic rings. The summed E-state index contributed by atoms with van der Waals surface area (Å²) in [5, 5.41) is 6.34. The normalized spacial score (nSPS) is 13.3. The number of benzene rings is 1. The summed E-state index contributed by atoms with van der Waals surface area (Å²) < 4.78 is 38.2. The molecule has 7 heteroatoms. The van der Waals surface area contributed by atoms with E-state index in [0.717, 1.165) is 12.1 Å². The highest BCUT2D eigenvalue weighted by atomic mass is 19.4. The number of halogens is 3. The number of nitrogens with one attached hydrogen (secondary N) is 2. The van der Waals surface area contributed by atoms with E-state index in [0.29, 0.717) is 24.6 Å². The van der Waals surface area contributed by atoms with E-state index in [1.807, 2.05) is 21.0 Å². The predicted octanol–water partition coefficient (Wildman–Crippen LogP) is 3.10. The SMILES string of the molecule is CCNC(=NCc1cccc(C(F)(F)F)c1)NCC(C)(C)N(C)C. The molecule has 4 nitrogen and oxygen atoms in total. The molecule has 0 radical (unpaired) electrons. The molecule has 0 fully saturated rings. The Kier molecular flexibility index (Phi) is 7.08. The quantitative estimate of drug-likeness (QED) is 0.615. The van der Waals surface area contributed by atoms with E-state index in [2.05, 4.69) is 34.4 Å². The monoisotopic (exact) mass is 344 g/mol. The smallest absolute Gasteiger partial charge is 0.357 e. The Bertz CT molecular complexity index is 551. The van der Waals surface area contributed by atoms with Gasteiger partial charge in [-0.15, -0.1) is 0 Å². The minimum Gasteiger partial charge on any atom is -0.357 e. The number of guanidine groups is 1. The summed E-state index contributed by atoms with van der Waals surface area (Å²) in [5.74, 6) is 0.588. The van der Waals surface area contributed by atoms with Crippen LogP contribution in [0.1, 0.15) is 31.9 Å². The molecule has 0 bridgehead atoms. The van der Waals surface area contributed by atoms with Crippen LogP contribution in [0.4, 0.5) is 13.2 Å². The van der Waals surface area contributed by atoms with Crippen molar-refractivity contribution >= 4 is 5.96 Å². The zero-order chi connectivity index (χ0) is 18.4. The van der Waals surface area contributed by atoms with Crippen LogP contribution in [0.5, 0.6) is 0 Å². The first-order valence-electron chi connectivity index (χ1n) is 7.92. The number of hydrogen-bond donors (Lipinski definition) is 2. The molecule has 0 atom stereocenters. The molecular formula is C17H27F3N4. The Morgan fingerprint density at radius 1 is 1.17 bits per heavy atom. The van der Waals surface area contributed by atoms with Crippen molar-refractivity contribution in [3.8, 4) is 0 Å². The topological polar surface area (TPSA) is 39.7 Å². The highest BCUT2D eigenvalue weighted by Crippen LogP contribution is 2.29. The maximum absolute atomic E-state index is 12.7. The van der Waals surface area contributed by atoms with E-state index in [-0.39, 0.29) is 12.1 Å². The van der Waals surface area contributed by atoms with Crippen LogP contribution in [0, 0.1) is 0 Å². The summed E-state index contributed by atoms with van der Waals surface area (Å²) in [6, 6.07) is 5.25. The van der Waals surface area contributed by atoms with Crippen molar-refractivity contribution in [2.75, 3.05) is 27.2 Å². The Morgan fingerprint density at radius 3 is 2.38 bits per heavy atom. The van der Waals surface area contributed by atoms with Crippen LogP contribution in [0.25, 0.3) is 0 Å². The van der Waals surface area contributed by atoms with Crippen molar-refractivity contribution in [3.05, 3.63) is 35.4 Å². The summed E-state index contributed by atoms with van der Waals surface area (Å²) in [6.07, 6.45) is -4.34. The van der Waals surface area contributed by atoms with E-state index in [1.165, 1.54) is 6.07 Å². The molecule has 0 heterocycles. The minimum absolute atomic E-state index is 0.0770. The number of likely N-dealkylation sites (N-methyl/N-ethyl adjacent to an activating group) is 1. The maximum Gasteiger partial charge on any atom is 0.416 e. The van der Waals surface area contributed by atoms with Crippen molar-refractivity contribution in [3.63, 3.8) is 0 Å². The molecule has 0 saturated carbocycles. The van der Waals surface area contributed by atoms with Crippen molar-refractivity contribution in [1.82, 2.24) is 15.5 Å². The Balaban J connectivity index is 2.79. The van der Waals surface area contributed by atoms with Gasteiger partial charge in [0.25, 0.3) is 0 Å². The van der Waals surface area contributed by atoms with E-state index >= 15 is 0 Å². The first-order chi connectivity index (χ1) is 11.1. The fourth-order valence-electron chi connectivity index (χ4n) is 1.82. The van der Waals surface area contributed by atoms with Crippen LogP contribution in [0.15, 0.2) is 29.3 Å². The lowest BCUT2D eigenvalue weighted by Crippen LogP contribution is -2.50. The molecule has 136 valence electrons. The lowest BCUT2D eigenvalue weighted by molar-refractivity contribution is -0.137. The van der Waals surface area contributed by atoms with Crippen LogP contribution in [-0.2, 0) is 12.7 Å². The number of alkyl halides is 3. The Morgan fingerprint density at radius 2 is 1.83 bits per heavy atom. The van der Waals surface area contributed by atoms with Gasteiger partial charge in [-0.05, 0) is 52.6 Å². The zero-order valence-electron chi connectivity index (χ0n) is 15.0. The maximum atomic E-state index is 12.7. The summed E-state index contributed by atoms with van der Waals surface area (Å²) in [4.78, 5) is 6.47. The highest BCUT2D eigenvalue weighted by molar-refractivity contribution is 5.79. The van der Waals surface area contributed by atoms with Crippen LogP contribution >= 0.6 is 0 Å². The predicted molar refractivity (Wildman–Crippen MR) is 92.0 cm³/mol. The summed E-state index contributed by atoms with van der Waals surface area (Å²) >= 11 is 0. The molecule has 24 heavy (non-hydrogen) atoms. The molecule has 0 aliphatic heterocycles. The lowest BCUT2D eigenvalue weighted by Gasteiger charge is -2.33. The molecule has 0 unspecified atom stereocenters. The summed E-state index contributed by atoms with van der Waals surface area (Å²) in [7, 11) is 3.99. The lowest BCUT2D eigenvalue weighted by atomic mass is 10.0. The molecule has 0 aliphatic carbocycles. The number of aliphatic imine (C=N–C) groups is 1. The average molecular weight is 344 g/mol. The van der Waals surface area contributed by atoms with Crippen molar-refractivity contribution in [2.24, 2.45) is 4.99 Å². The van der Waals surface area contributed by atoms with Crippen LogP contribution < -0.4 is 10.6 Å². The van der Waals surface area contributed by atoms with Gasteiger partial charge in [-0.2, -0.15) is 13.2 Å². The molecule has 0 aromatic heterocycles. The van der Waals surface area contributed by atoms with E-state index in [9.17, 15) is 13.2 Å². The molecular weight excluding hydrogens is 317 g/mol. The van der Waals surface area contributed by atoms with Crippen molar-refractivity contribution in [1.29, 1.82) is 0 Å². The van der Waals surface area contributed by atoms with Gasteiger partial charge in [-0.25, -0.2) is 4.99 Å². The van der Waals surface area contributed by atoms with Gasteiger partial charge < -0.3 is 15.5 Å². The largest absolute Gasteiger partial charge is 0.416 e. The second-order valence-corrected chi connectivity index (χ2v) is 6.45. The third-order valence-electron chi connectivity index (χ3n) is 3.92. The van der Waals surface area contributed by atoms with Crippen molar-refractivity contribution in [2.45, 2.75) is 39.0 Å². The molecule has 1 aromatic carbocycles. The number of nitrogens with zero attached hydrogens (tertiary/aromatic N) is 2. The number of rotatable bonds is 6. The second kappa shape index (κ2) is 8.37. The van der Waals surface area contributed by atoms with Crippen molar-refractivity contribution < 1.29 is 13.2 Å². The van der Waals surface area contributed by atoms with Gasteiger partial charge in [0.2, 0.25) is 0 Å². The summed E-state index contributed by atoms with van der Waals surface area (Å²) in [5.41, 5.74) is -0.206. The fraction of sp³-hybridized carbons (Fsp3) is 0.588. The molecule has 0 spiro atoms. The molecule has 2 N–H and O–H groups in total. The Labute approximate surface area is 142 Å². The van der Waals surface area contributed by atoms with Crippen LogP contribution in [-0.4, -0.2) is 43.6 Å². The van der Waals surface area contributed by atoms with Gasteiger partial charge in [-0.3, -0.25) is 0 Å². The molecule has 1 rings (SSSR count). The Hall–Kier alpha value is -1.76. The van der Waals surface area contributed by atoms with Gasteiger partial charge in [-0.1, -0.05) is 12.1 Å². The third-order valence-corrected chi connectivity index (χ3v) is 3.92. The standard InChI is InChI=1S/C17H27F3N4/c1-6-21-15(23-12-16(2,3)24(4)5)22-11-13-8-7-9-14(10-13)17(18,19)20/h7-10H,6,11-12H2,1-5H3,(H2,21,22,23). The third kappa shape index (κ3) is 6.39. The van der Waals surface area contributed by atoms with E-state index in [1.54, 1.807) is 6.07 Å². The van der Waals surface area contributed by atoms with Gasteiger partial charge in [0.15, 0.2) is 5.96 Å². The molecule has 0 saturated heterocycles. The fourth-order valence-corrected chi connectivity index (χ4v) is 1.82. The first-order valence-corrected chi connectivity index (χ1v) is 7.92. The van der Waals surface area contributed by atoms with Gasteiger partial charge >= 0.3 is 6.18 Å². The number of hydrogen-bond acceptors (Lipinski definition) is 2. The van der Waals surface area contributed by atoms with Gasteiger partial charge in [0.05, 0.1) is 12.1 Å². The van der Waals surface area contributed by atoms with Gasteiger partial charge in [0, 0.05) is 18.6 Å². The van der Waals surface area contributed by atoms with Crippen LogP contribution in [0.3, 0.4) is 0 Å². The van der Waals surface area contributed by atoms with Gasteiger partial charge in [0.1, 0.15) is 0 Å². The van der Waals surface area contributed by atoms with E-state index < -0.39 is 11.7 Å². The highest BCUT2D eigenvalue weighted by Gasteiger charge is 2.30. The van der Waals surface area contributed by atoms with E-state index in [4.69, 9.17) is 0 Å². The van der Waals surface area contributed by atoms with Crippen LogP contribution in [0.2, 0.25) is 0 Å².